The Morgan fingerprint density at radius 2 is 1.97 bits per heavy atom. The van der Waals surface area contributed by atoms with E-state index in [1.54, 1.807) is 31.9 Å². The lowest BCUT2D eigenvalue weighted by Gasteiger charge is -2.25. The molecule has 1 amide bonds. The first kappa shape index (κ1) is 22.7. The minimum absolute atomic E-state index is 0.0365. The van der Waals surface area contributed by atoms with Crippen molar-refractivity contribution in [1.29, 1.82) is 0 Å². The molecule has 33 heavy (non-hydrogen) atoms. The van der Waals surface area contributed by atoms with Gasteiger partial charge in [0.25, 0.3) is 6.43 Å². The number of nitrogens with one attached hydrogen (secondary N) is 1. The molecule has 0 spiro atoms. The fourth-order valence-electron chi connectivity index (χ4n) is 3.98. The number of hydrogen-bond donors (Lipinski definition) is 1. The van der Waals surface area contributed by atoms with E-state index < -0.39 is 23.8 Å². The fraction of sp³-hybridized carbons (Fsp3) is 0.333. The van der Waals surface area contributed by atoms with Crippen molar-refractivity contribution in [3.63, 3.8) is 0 Å². The Hall–Kier alpha value is -3.49. The molecule has 0 unspecified atom stereocenters. The van der Waals surface area contributed by atoms with Gasteiger partial charge in [0.05, 0.1) is 17.0 Å². The number of fused-ring (bicyclic) bond motifs is 1. The first-order valence-corrected chi connectivity index (χ1v) is 10.7. The Morgan fingerprint density at radius 1 is 1.21 bits per heavy atom. The molecule has 0 saturated heterocycles. The topological polar surface area (TPSA) is 71.0 Å². The molecule has 1 aromatic carbocycles. The van der Waals surface area contributed by atoms with Crippen LogP contribution in [0.25, 0.3) is 16.6 Å². The molecule has 0 saturated carbocycles. The standard InChI is InChI=1S/C24H24F3N5O/c1-13(18-5-4-6-19(21(18)25)22(26)27)29-24-20-11-17(12-28-23(20)30-14(2)31-24)16-7-9-32(10-8-16)15(3)33/h4-7,11-13,22H,8-10H2,1-3H3,(H,28,29,30,31)/t13-/m1/s1. The van der Waals surface area contributed by atoms with Crippen molar-refractivity contribution in [3.8, 4) is 0 Å². The number of alkyl halides is 2. The number of hydrogen-bond acceptors (Lipinski definition) is 5. The summed E-state index contributed by atoms with van der Waals surface area (Å²) in [5.41, 5.74) is 1.93. The Kier molecular flexibility index (Phi) is 6.31. The molecule has 2 aromatic heterocycles. The number of pyridine rings is 1. The third-order valence-electron chi connectivity index (χ3n) is 5.80. The summed E-state index contributed by atoms with van der Waals surface area (Å²) in [6.45, 7) is 6.13. The highest BCUT2D eigenvalue weighted by Crippen LogP contribution is 2.31. The highest BCUT2D eigenvalue weighted by Gasteiger charge is 2.21. The molecule has 0 aliphatic carbocycles. The number of carbonyl (C=O) groups is 1. The van der Waals surface area contributed by atoms with Crippen molar-refractivity contribution in [2.75, 3.05) is 18.4 Å². The van der Waals surface area contributed by atoms with Crippen LogP contribution in [0.3, 0.4) is 0 Å². The average molecular weight is 455 g/mol. The van der Waals surface area contributed by atoms with Gasteiger partial charge in [0.2, 0.25) is 5.91 Å². The van der Waals surface area contributed by atoms with Crippen molar-refractivity contribution in [2.24, 2.45) is 0 Å². The fourth-order valence-corrected chi connectivity index (χ4v) is 3.98. The van der Waals surface area contributed by atoms with Crippen molar-refractivity contribution >= 4 is 28.3 Å². The second-order valence-corrected chi connectivity index (χ2v) is 8.08. The molecule has 9 heteroatoms. The van der Waals surface area contributed by atoms with Crippen molar-refractivity contribution < 1.29 is 18.0 Å². The normalized spacial score (nSPS) is 15.0. The molecule has 1 N–H and O–H groups in total. The molecule has 1 aliphatic rings. The van der Waals surface area contributed by atoms with Crippen LogP contribution in [0, 0.1) is 12.7 Å². The van der Waals surface area contributed by atoms with Crippen molar-refractivity contribution in [2.45, 2.75) is 39.7 Å². The van der Waals surface area contributed by atoms with Crippen LogP contribution >= 0.6 is 0 Å². The average Bonchev–Trinajstić information content (AvgIpc) is 2.78. The van der Waals surface area contributed by atoms with Crippen LogP contribution in [0.5, 0.6) is 0 Å². The summed E-state index contributed by atoms with van der Waals surface area (Å²) in [6, 6.07) is 5.27. The first-order chi connectivity index (χ1) is 15.7. The smallest absolute Gasteiger partial charge is 0.266 e. The molecule has 4 rings (SSSR count). The van der Waals surface area contributed by atoms with Gasteiger partial charge in [-0.3, -0.25) is 4.79 Å². The number of anilines is 1. The molecule has 3 aromatic rings. The van der Waals surface area contributed by atoms with Gasteiger partial charge in [0, 0.05) is 31.8 Å². The highest BCUT2D eigenvalue weighted by molar-refractivity contribution is 5.89. The molecule has 0 radical (unpaired) electrons. The molecule has 0 bridgehead atoms. The molecular formula is C24H24F3N5O. The second kappa shape index (κ2) is 9.17. The number of rotatable bonds is 5. The van der Waals surface area contributed by atoms with Gasteiger partial charge in [0.15, 0.2) is 5.65 Å². The van der Waals surface area contributed by atoms with E-state index in [0.29, 0.717) is 42.2 Å². The van der Waals surface area contributed by atoms with Crippen molar-refractivity contribution in [3.05, 3.63) is 64.9 Å². The summed E-state index contributed by atoms with van der Waals surface area (Å²) in [5, 5.41) is 3.80. The van der Waals surface area contributed by atoms with E-state index in [2.05, 4.69) is 20.3 Å². The number of benzene rings is 1. The van der Waals surface area contributed by atoms with E-state index in [0.717, 1.165) is 17.2 Å². The monoisotopic (exact) mass is 455 g/mol. The first-order valence-electron chi connectivity index (χ1n) is 10.7. The SMILES string of the molecule is CC(=O)N1CC=C(c2cnc3nc(C)nc(N[C@H](C)c4cccc(C(F)F)c4F)c3c2)CC1. The van der Waals surface area contributed by atoms with Gasteiger partial charge in [-0.2, -0.15) is 0 Å². The molecular weight excluding hydrogens is 431 g/mol. The molecule has 6 nitrogen and oxygen atoms in total. The maximum absolute atomic E-state index is 14.7. The Morgan fingerprint density at radius 3 is 2.64 bits per heavy atom. The molecule has 1 atom stereocenters. The quantitative estimate of drug-likeness (QED) is 0.571. The number of nitrogens with zero attached hydrogens (tertiary/aromatic N) is 4. The lowest BCUT2D eigenvalue weighted by Crippen LogP contribution is -2.32. The number of aryl methyl sites for hydroxylation is 1. The van der Waals surface area contributed by atoms with Gasteiger partial charge in [-0.15, -0.1) is 0 Å². The number of halogens is 3. The van der Waals surface area contributed by atoms with Crippen molar-refractivity contribution in [1.82, 2.24) is 19.9 Å². The van der Waals surface area contributed by atoms with Gasteiger partial charge < -0.3 is 10.2 Å². The largest absolute Gasteiger partial charge is 0.363 e. The van der Waals surface area contributed by atoms with Gasteiger partial charge >= 0.3 is 0 Å². The lowest BCUT2D eigenvalue weighted by atomic mass is 10.00. The number of carbonyl (C=O) groups excluding carboxylic acids is 1. The van der Waals surface area contributed by atoms with E-state index in [9.17, 15) is 18.0 Å². The Labute approximate surface area is 189 Å². The minimum atomic E-state index is -2.89. The van der Waals surface area contributed by atoms with Gasteiger partial charge in [-0.05, 0) is 37.5 Å². The van der Waals surface area contributed by atoms with E-state index in [1.807, 2.05) is 12.1 Å². The maximum atomic E-state index is 14.7. The van der Waals surface area contributed by atoms with Gasteiger partial charge in [-0.1, -0.05) is 24.3 Å². The van der Waals surface area contributed by atoms with Gasteiger partial charge in [0.1, 0.15) is 17.5 Å². The van der Waals surface area contributed by atoms with E-state index >= 15 is 0 Å². The third-order valence-corrected chi connectivity index (χ3v) is 5.80. The second-order valence-electron chi connectivity index (χ2n) is 8.08. The summed E-state index contributed by atoms with van der Waals surface area (Å²) in [5.74, 6) is 0.0365. The zero-order valence-corrected chi connectivity index (χ0v) is 18.6. The summed E-state index contributed by atoms with van der Waals surface area (Å²) in [7, 11) is 0. The van der Waals surface area contributed by atoms with Crippen LogP contribution in [0.4, 0.5) is 19.0 Å². The summed E-state index contributed by atoms with van der Waals surface area (Å²) in [4.78, 5) is 26.7. The predicted molar refractivity (Wildman–Crippen MR) is 120 cm³/mol. The number of aromatic nitrogens is 3. The Bertz CT molecular complexity index is 1240. The molecule has 172 valence electrons. The van der Waals surface area contributed by atoms with E-state index in [1.165, 1.54) is 12.1 Å². The lowest BCUT2D eigenvalue weighted by molar-refractivity contribution is -0.128. The van der Waals surface area contributed by atoms with Gasteiger partial charge in [-0.25, -0.2) is 28.1 Å². The summed E-state index contributed by atoms with van der Waals surface area (Å²) < 4.78 is 40.9. The van der Waals surface area contributed by atoms with Crippen LogP contribution in [-0.2, 0) is 4.79 Å². The van der Waals surface area contributed by atoms with Crippen LogP contribution < -0.4 is 5.32 Å². The molecule has 1 aliphatic heterocycles. The van der Waals surface area contributed by atoms with Crippen LogP contribution in [-0.4, -0.2) is 38.8 Å². The summed E-state index contributed by atoms with van der Waals surface area (Å²) in [6.07, 6.45) is 1.55. The number of amides is 1. The Balaban J connectivity index is 1.69. The van der Waals surface area contributed by atoms with Crippen LogP contribution in [0.15, 0.2) is 36.5 Å². The molecule has 0 fully saturated rings. The van der Waals surface area contributed by atoms with E-state index in [-0.39, 0.29) is 11.5 Å². The molecule has 3 heterocycles. The van der Waals surface area contributed by atoms with Crippen LogP contribution in [0.2, 0.25) is 0 Å². The predicted octanol–water partition coefficient (Wildman–Crippen LogP) is 5.22. The zero-order chi connectivity index (χ0) is 23.7. The highest BCUT2D eigenvalue weighted by atomic mass is 19.3. The van der Waals surface area contributed by atoms with Crippen LogP contribution in [0.1, 0.15) is 55.3 Å². The maximum Gasteiger partial charge on any atom is 0.266 e. The minimum Gasteiger partial charge on any atom is -0.363 e. The zero-order valence-electron chi connectivity index (χ0n) is 18.6. The van der Waals surface area contributed by atoms with E-state index in [4.69, 9.17) is 0 Å². The summed E-state index contributed by atoms with van der Waals surface area (Å²) >= 11 is 0. The third kappa shape index (κ3) is 4.67.